The molecular weight excluding hydrogens is 287 g/mol. The number of rotatable bonds is 4. The van der Waals surface area contributed by atoms with Gasteiger partial charge < -0.3 is 10.5 Å². The molecule has 6 nitrogen and oxygen atoms in total. The van der Waals surface area contributed by atoms with Crippen LogP contribution in [0.2, 0.25) is 0 Å². The van der Waals surface area contributed by atoms with E-state index in [1.165, 1.54) is 25.3 Å². The van der Waals surface area contributed by atoms with Crippen LogP contribution in [0.3, 0.4) is 0 Å². The average Bonchev–Trinajstić information content (AvgIpc) is 2.82. The fourth-order valence-electron chi connectivity index (χ4n) is 2.24. The van der Waals surface area contributed by atoms with Crippen LogP contribution in [0.1, 0.15) is 6.42 Å². The number of primary amides is 1. The highest BCUT2D eigenvalue weighted by molar-refractivity contribution is 7.89. The van der Waals surface area contributed by atoms with Gasteiger partial charge in [0.2, 0.25) is 15.9 Å². The number of alkyl halides is 1. The number of carbonyl (C=O) groups excluding carboxylic acids is 1. The van der Waals surface area contributed by atoms with Crippen molar-refractivity contribution < 1.29 is 22.3 Å². The first-order chi connectivity index (χ1) is 9.37. The summed E-state index contributed by atoms with van der Waals surface area (Å²) >= 11 is 0. The van der Waals surface area contributed by atoms with Gasteiger partial charge in [-0.15, -0.1) is 0 Å². The van der Waals surface area contributed by atoms with Gasteiger partial charge in [0.05, 0.1) is 7.11 Å². The van der Waals surface area contributed by atoms with Crippen molar-refractivity contribution in [1.82, 2.24) is 4.31 Å². The van der Waals surface area contributed by atoms with E-state index in [2.05, 4.69) is 0 Å². The van der Waals surface area contributed by atoms with Gasteiger partial charge in [-0.2, -0.15) is 4.31 Å². The maximum Gasteiger partial charge on any atom is 0.247 e. The fourth-order valence-corrected chi connectivity index (χ4v) is 4.03. The summed E-state index contributed by atoms with van der Waals surface area (Å²) in [5.74, 6) is -0.721. The van der Waals surface area contributed by atoms with Crippen LogP contribution >= 0.6 is 0 Å². The molecule has 0 aromatic heterocycles. The lowest BCUT2D eigenvalue weighted by atomic mass is 10.2. The van der Waals surface area contributed by atoms with E-state index in [4.69, 9.17) is 10.5 Å². The van der Waals surface area contributed by atoms with Crippen molar-refractivity contribution in [1.29, 1.82) is 0 Å². The zero-order valence-corrected chi connectivity index (χ0v) is 11.6. The third-order valence-electron chi connectivity index (χ3n) is 3.19. The molecule has 2 N–H and O–H groups in total. The standard InChI is InChI=1S/C12H15FN2O4S/c1-19-10-4-2-3-5-11(10)20(17,18)15-7-8(13)6-9(15)12(14)16/h2-5,8-9H,6-7H2,1H3,(H2,14,16)/t8-,9+/m1/s1. The van der Waals surface area contributed by atoms with Gasteiger partial charge in [-0.25, -0.2) is 12.8 Å². The monoisotopic (exact) mass is 302 g/mol. The molecule has 0 spiro atoms. The second kappa shape index (κ2) is 5.37. The molecule has 0 bridgehead atoms. The highest BCUT2D eigenvalue weighted by Crippen LogP contribution is 2.32. The van der Waals surface area contributed by atoms with E-state index >= 15 is 0 Å². The predicted octanol–water partition coefficient (Wildman–Crippen LogP) is 0.282. The summed E-state index contributed by atoms with van der Waals surface area (Å²) in [7, 11) is -2.71. The van der Waals surface area contributed by atoms with E-state index in [0.29, 0.717) is 0 Å². The summed E-state index contributed by atoms with van der Waals surface area (Å²) in [5.41, 5.74) is 5.15. The second-order valence-corrected chi connectivity index (χ2v) is 6.34. The van der Waals surface area contributed by atoms with Crippen LogP contribution in [0.4, 0.5) is 4.39 Å². The minimum atomic E-state index is -4.04. The van der Waals surface area contributed by atoms with Crippen molar-refractivity contribution in [3.63, 3.8) is 0 Å². The fraction of sp³-hybridized carbons (Fsp3) is 0.417. The normalized spacial score (nSPS) is 23.7. The highest BCUT2D eigenvalue weighted by Gasteiger charge is 2.44. The maximum atomic E-state index is 13.5. The molecule has 1 aliphatic rings. The number of nitrogens with two attached hydrogens (primary N) is 1. The van der Waals surface area contributed by atoms with Crippen LogP contribution in [-0.4, -0.2) is 44.5 Å². The Bertz CT molecular complexity index is 620. The van der Waals surface area contributed by atoms with Gasteiger partial charge in [-0.05, 0) is 12.1 Å². The molecule has 0 radical (unpaired) electrons. The second-order valence-electron chi connectivity index (χ2n) is 4.48. The molecule has 1 amide bonds. The lowest BCUT2D eigenvalue weighted by Gasteiger charge is -2.22. The number of nitrogens with zero attached hydrogens (tertiary/aromatic N) is 1. The molecule has 1 saturated heterocycles. The third-order valence-corrected chi connectivity index (χ3v) is 5.10. The summed E-state index contributed by atoms with van der Waals surface area (Å²) in [5, 5.41) is 0. The Morgan fingerprint density at radius 1 is 1.45 bits per heavy atom. The number of hydrogen-bond acceptors (Lipinski definition) is 4. The molecule has 1 heterocycles. The molecule has 2 atom stereocenters. The van der Waals surface area contributed by atoms with Gasteiger partial charge in [0, 0.05) is 13.0 Å². The van der Waals surface area contributed by atoms with Gasteiger partial charge >= 0.3 is 0 Å². The average molecular weight is 302 g/mol. The molecule has 20 heavy (non-hydrogen) atoms. The smallest absolute Gasteiger partial charge is 0.247 e. The molecule has 0 unspecified atom stereocenters. The van der Waals surface area contributed by atoms with E-state index in [0.717, 1.165) is 4.31 Å². The Labute approximate surface area is 116 Å². The number of ether oxygens (including phenoxy) is 1. The molecule has 1 aromatic rings. The van der Waals surface area contributed by atoms with E-state index in [1.54, 1.807) is 6.07 Å². The Kier molecular flexibility index (Phi) is 3.96. The van der Waals surface area contributed by atoms with E-state index in [1.807, 2.05) is 0 Å². The summed E-state index contributed by atoms with van der Waals surface area (Å²) in [6, 6.07) is 4.80. The van der Waals surface area contributed by atoms with Crippen molar-refractivity contribution >= 4 is 15.9 Å². The van der Waals surface area contributed by atoms with Crippen LogP contribution in [0.25, 0.3) is 0 Å². The largest absolute Gasteiger partial charge is 0.495 e. The minimum absolute atomic E-state index is 0.108. The van der Waals surface area contributed by atoms with E-state index in [9.17, 15) is 17.6 Å². The lowest BCUT2D eigenvalue weighted by molar-refractivity contribution is -0.121. The first-order valence-electron chi connectivity index (χ1n) is 5.96. The number of benzene rings is 1. The molecule has 2 rings (SSSR count). The van der Waals surface area contributed by atoms with E-state index < -0.39 is 28.1 Å². The SMILES string of the molecule is COc1ccccc1S(=O)(=O)N1C[C@H](F)C[C@H]1C(N)=O. The minimum Gasteiger partial charge on any atom is -0.495 e. The summed E-state index contributed by atoms with van der Waals surface area (Å²) in [6.45, 7) is -0.381. The van der Waals surface area contributed by atoms with Crippen LogP contribution in [0.15, 0.2) is 29.2 Å². The van der Waals surface area contributed by atoms with E-state index in [-0.39, 0.29) is 23.6 Å². The number of carbonyl (C=O) groups is 1. The highest BCUT2D eigenvalue weighted by atomic mass is 32.2. The predicted molar refractivity (Wildman–Crippen MR) is 69.4 cm³/mol. The van der Waals surface area contributed by atoms with Gasteiger partial charge in [0.15, 0.2) is 0 Å². The Balaban J connectivity index is 2.46. The van der Waals surface area contributed by atoms with Crippen LogP contribution < -0.4 is 10.5 Å². The first-order valence-corrected chi connectivity index (χ1v) is 7.40. The van der Waals surface area contributed by atoms with Gasteiger partial charge in [0.25, 0.3) is 0 Å². The zero-order chi connectivity index (χ0) is 14.9. The van der Waals surface area contributed by atoms with Crippen LogP contribution in [-0.2, 0) is 14.8 Å². The lowest BCUT2D eigenvalue weighted by Crippen LogP contribution is -2.43. The van der Waals surface area contributed by atoms with Crippen molar-refractivity contribution in [2.45, 2.75) is 23.5 Å². The van der Waals surface area contributed by atoms with Gasteiger partial charge in [-0.3, -0.25) is 4.79 Å². The molecule has 1 aromatic carbocycles. The number of halogens is 1. The third kappa shape index (κ3) is 2.48. The van der Waals surface area contributed by atoms with Crippen molar-refractivity contribution in [3.05, 3.63) is 24.3 Å². The maximum absolute atomic E-state index is 13.5. The molecule has 1 aliphatic heterocycles. The number of methoxy groups -OCH3 is 1. The number of sulfonamides is 1. The molecule has 0 aliphatic carbocycles. The Morgan fingerprint density at radius 2 is 2.10 bits per heavy atom. The Morgan fingerprint density at radius 3 is 2.70 bits per heavy atom. The molecule has 8 heteroatoms. The van der Waals surface area contributed by atoms with Gasteiger partial charge in [0.1, 0.15) is 22.9 Å². The Hall–Kier alpha value is -1.67. The number of para-hydroxylation sites is 1. The molecular formula is C12H15FN2O4S. The van der Waals surface area contributed by atoms with Crippen molar-refractivity contribution in [2.75, 3.05) is 13.7 Å². The van der Waals surface area contributed by atoms with Crippen LogP contribution in [0, 0.1) is 0 Å². The first kappa shape index (κ1) is 14.7. The van der Waals surface area contributed by atoms with Crippen LogP contribution in [0.5, 0.6) is 5.75 Å². The summed E-state index contributed by atoms with van der Waals surface area (Å²) < 4.78 is 44.4. The van der Waals surface area contributed by atoms with Crippen molar-refractivity contribution in [2.24, 2.45) is 5.73 Å². The number of hydrogen-bond donors (Lipinski definition) is 1. The molecule has 0 saturated carbocycles. The van der Waals surface area contributed by atoms with Crippen molar-refractivity contribution in [3.8, 4) is 5.75 Å². The van der Waals surface area contributed by atoms with Gasteiger partial charge in [-0.1, -0.05) is 12.1 Å². The summed E-state index contributed by atoms with van der Waals surface area (Å²) in [6.07, 6.45) is -1.62. The zero-order valence-electron chi connectivity index (χ0n) is 10.8. The summed E-state index contributed by atoms with van der Waals surface area (Å²) in [4.78, 5) is 11.2. The quantitative estimate of drug-likeness (QED) is 0.865. The molecule has 110 valence electrons. The topological polar surface area (TPSA) is 89.7 Å². The number of amides is 1. The molecule has 1 fully saturated rings.